The molecule has 2 aromatic carbocycles. The second-order valence-corrected chi connectivity index (χ2v) is 11.5. The van der Waals surface area contributed by atoms with E-state index in [1.54, 1.807) is 28.9 Å². The minimum atomic E-state index is -3.37. The Morgan fingerprint density at radius 2 is 1.81 bits per heavy atom. The number of benzene rings is 2. The molecular weight excluding hydrogens is 488 g/mol. The molecule has 1 atom stereocenters. The van der Waals surface area contributed by atoms with Crippen molar-refractivity contribution >= 4 is 32.9 Å². The van der Waals surface area contributed by atoms with E-state index in [1.807, 2.05) is 25.1 Å². The van der Waals surface area contributed by atoms with Crippen molar-refractivity contribution in [2.24, 2.45) is 0 Å². The zero-order chi connectivity index (χ0) is 26.0. The van der Waals surface area contributed by atoms with Crippen molar-refractivity contribution in [1.82, 2.24) is 19.5 Å². The van der Waals surface area contributed by atoms with Gasteiger partial charge in [-0.25, -0.2) is 17.9 Å². The van der Waals surface area contributed by atoms with Crippen molar-refractivity contribution in [3.63, 3.8) is 0 Å². The Balaban J connectivity index is 1.30. The van der Waals surface area contributed by atoms with Crippen molar-refractivity contribution in [2.75, 3.05) is 35.9 Å². The van der Waals surface area contributed by atoms with Gasteiger partial charge < -0.3 is 15.3 Å². The Bertz CT molecular complexity index is 1480. The van der Waals surface area contributed by atoms with Crippen molar-refractivity contribution in [1.29, 1.82) is 0 Å². The Hall–Kier alpha value is -3.47. The van der Waals surface area contributed by atoms with Crippen molar-refractivity contribution in [3.05, 3.63) is 72.4 Å². The van der Waals surface area contributed by atoms with Crippen LogP contribution in [0.15, 0.2) is 66.9 Å². The molecule has 1 saturated heterocycles. The number of fused-ring (bicyclic) bond motifs is 1. The van der Waals surface area contributed by atoms with Crippen molar-refractivity contribution in [3.8, 4) is 11.3 Å². The maximum Gasteiger partial charge on any atom is 0.245 e. The molecule has 1 aliphatic rings. The predicted molar refractivity (Wildman–Crippen MR) is 147 cm³/mol. The molecule has 0 bridgehead atoms. The normalized spacial score (nSPS) is 16.1. The summed E-state index contributed by atoms with van der Waals surface area (Å²) in [4.78, 5) is 6.79. The summed E-state index contributed by atoms with van der Waals surface area (Å²) in [6, 6.07) is 19.5. The summed E-state index contributed by atoms with van der Waals surface area (Å²) in [5, 5.41) is 17.6. The second-order valence-electron chi connectivity index (χ2n) is 9.76. The fourth-order valence-corrected chi connectivity index (χ4v) is 5.48. The number of likely N-dealkylation sites (tertiary alicyclic amines) is 1. The largest absolute Gasteiger partial charge is 0.392 e. The molecule has 0 aliphatic carbocycles. The molecule has 0 saturated carbocycles. The van der Waals surface area contributed by atoms with Gasteiger partial charge in [0.25, 0.3) is 0 Å². The number of hydrogen-bond donors (Lipinski definition) is 3. The van der Waals surface area contributed by atoms with Crippen LogP contribution >= 0.6 is 0 Å². The summed E-state index contributed by atoms with van der Waals surface area (Å²) in [7, 11) is -3.37. The maximum atomic E-state index is 11.6. The average Bonchev–Trinajstić information content (AvgIpc) is 3.27. The Labute approximate surface area is 217 Å². The lowest BCUT2D eigenvalue weighted by Crippen LogP contribution is -2.37. The van der Waals surface area contributed by atoms with Gasteiger partial charge >= 0.3 is 0 Å². The lowest BCUT2D eigenvalue weighted by atomic mass is 9.89. The standard InChI is InChI=1S/C27H32N6O3S/c1-19(34)18-32-14-12-21(13-15-32)20-6-8-23(9-7-20)29-27-28-17-25-10-11-26(33(25)30-27)22-4-3-5-24(16-22)31-37(2,35)36/h3-11,16-17,19,21,31,34H,12-15,18H2,1-2H3,(H,29,30). The summed E-state index contributed by atoms with van der Waals surface area (Å²) < 4.78 is 27.6. The third-order valence-corrected chi connectivity index (χ3v) is 7.21. The number of sulfonamides is 1. The number of nitrogens with one attached hydrogen (secondary N) is 2. The number of rotatable bonds is 8. The number of aliphatic hydroxyl groups excluding tert-OH is 1. The van der Waals surface area contributed by atoms with E-state index in [4.69, 9.17) is 0 Å². The summed E-state index contributed by atoms with van der Waals surface area (Å²) in [5.41, 5.74) is 5.23. The average molecular weight is 521 g/mol. The number of aromatic nitrogens is 3. The van der Waals surface area contributed by atoms with Crippen LogP contribution in [0.3, 0.4) is 0 Å². The van der Waals surface area contributed by atoms with Crippen LogP contribution in [-0.4, -0.2) is 65.0 Å². The molecule has 3 N–H and O–H groups in total. The third kappa shape index (κ3) is 6.27. The monoisotopic (exact) mass is 520 g/mol. The van der Waals surface area contributed by atoms with Gasteiger partial charge in [-0.3, -0.25) is 4.72 Å². The van der Waals surface area contributed by atoms with E-state index in [2.05, 4.69) is 49.3 Å². The Morgan fingerprint density at radius 1 is 1.05 bits per heavy atom. The first-order valence-electron chi connectivity index (χ1n) is 12.4. The summed E-state index contributed by atoms with van der Waals surface area (Å²) in [5.74, 6) is 0.997. The lowest BCUT2D eigenvalue weighted by molar-refractivity contribution is 0.109. The molecule has 9 nitrogen and oxygen atoms in total. The van der Waals surface area contributed by atoms with Gasteiger partial charge in [-0.1, -0.05) is 24.3 Å². The van der Waals surface area contributed by atoms with Crippen LogP contribution in [0.5, 0.6) is 0 Å². The highest BCUT2D eigenvalue weighted by atomic mass is 32.2. The van der Waals surface area contributed by atoms with Crippen molar-refractivity contribution < 1.29 is 13.5 Å². The first-order chi connectivity index (χ1) is 17.7. The van der Waals surface area contributed by atoms with E-state index in [1.165, 1.54) is 5.56 Å². The number of β-amino-alcohol motifs (C(OH)–C–C–N with tert-alkyl or cyclic N) is 1. The molecule has 10 heteroatoms. The molecule has 0 amide bonds. The minimum Gasteiger partial charge on any atom is -0.392 e. The Morgan fingerprint density at radius 3 is 2.51 bits per heavy atom. The van der Waals surface area contributed by atoms with Crippen LogP contribution < -0.4 is 10.0 Å². The molecule has 194 valence electrons. The first kappa shape index (κ1) is 25.2. The number of nitrogens with zero attached hydrogens (tertiary/aromatic N) is 4. The van der Waals surface area contributed by atoms with Gasteiger partial charge in [0.15, 0.2) is 0 Å². The maximum absolute atomic E-state index is 11.6. The molecular formula is C27H32N6O3S. The van der Waals surface area contributed by atoms with Crippen LogP contribution in [0, 0.1) is 0 Å². The number of aliphatic hydroxyl groups is 1. The van der Waals surface area contributed by atoms with Crippen LogP contribution in [-0.2, 0) is 10.0 Å². The molecule has 3 heterocycles. The predicted octanol–water partition coefficient (Wildman–Crippen LogP) is 4.07. The molecule has 0 spiro atoms. The molecule has 5 rings (SSSR count). The zero-order valence-corrected chi connectivity index (χ0v) is 21.8. The number of anilines is 3. The number of hydrogen-bond acceptors (Lipinski definition) is 7. The third-order valence-electron chi connectivity index (χ3n) is 6.61. The van der Waals surface area contributed by atoms with Crippen molar-refractivity contribution in [2.45, 2.75) is 31.8 Å². The highest BCUT2D eigenvalue weighted by Crippen LogP contribution is 2.30. The molecule has 2 aromatic heterocycles. The van der Waals surface area contributed by atoms with E-state index in [0.717, 1.165) is 61.2 Å². The van der Waals surface area contributed by atoms with E-state index in [9.17, 15) is 13.5 Å². The summed E-state index contributed by atoms with van der Waals surface area (Å²) >= 11 is 0. The van der Waals surface area contributed by atoms with Crippen LogP contribution in [0.4, 0.5) is 17.3 Å². The molecule has 1 fully saturated rings. The molecule has 4 aromatic rings. The van der Waals surface area contributed by atoms with Gasteiger partial charge in [-0.05, 0) is 80.7 Å². The van der Waals surface area contributed by atoms with E-state index < -0.39 is 10.0 Å². The smallest absolute Gasteiger partial charge is 0.245 e. The van der Waals surface area contributed by atoms with E-state index in [-0.39, 0.29) is 6.10 Å². The summed E-state index contributed by atoms with van der Waals surface area (Å²) in [6.45, 7) is 4.60. The molecule has 1 aliphatic heterocycles. The SMILES string of the molecule is CC(O)CN1CCC(c2ccc(Nc3ncc4ccc(-c5cccc(NS(C)(=O)=O)c5)n4n3)cc2)CC1. The fourth-order valence-electron chi connectivity index (χ4n) is 4.92. The Kier molecular flexibility index (Phi) is 7.14. The van der Waals surface area contributed by atoms with Gasteiger partial charge in [0.1, 0.15) is 0 Å². The summed E-state index contributed by atoms with van der Waals surface area (Å²) in [6.07, 6.45) is 4.79. The van der Waals surface area contributed by atoms with Gasteiger partial charge in [-0.2, -0.15) is 0 Å². The van der Waals surface area contributed by atoms with Gasteiger partial charge in [0.2, 0.25) is 16.0 Å². The van der Waals surface area contributed by atoms with Gasteiger partial charge in [0.05, 0.1) is 29.8 Å². The lowest BCUT2D eigenvalue weighted by Gasteiger charge is -2.32. The van der Waals surface area contributed by atoms with Gasteiger partial charge in [-0.15, -0.1) is 5.10 Å². The van der Waals surface area contributed by atoms with E-state index >= 15 is 0 Å². The molecule has 1 unspecified atom stereocenters. The van der Waals surface area contributed by atoms with Crippen LogP contribution in [0.25, 0.3) is 16.8 Å². The second kappa shape index (κ2) is 10.5. The minimum absolute atomic E-state index is 0.284. The highest BCUT2D eigenvalue weighted by molar-refractivity contribution is 7.92. The number of piperidine rings is 1. The molecule has 0 radical (unpaired) electrons. The first-order valence-corrected chi connectivity index (χ1v) is 14.3. The highest BCUT2D eigenvalue weighted by Gasteiger charge is 2.21. The van der Waals surface area contributed by atoms with Gasteiger partial charge in [0, 0.05) is 23.5 Å². The quantitative estimate of drug-likeness (QED) is 0.321. The van der Waals surface area contributed by atoms with Crippen LogP contribution in [0.2, 0.25) is 0 Å². The van der Waals surface area contributed by atoms with Crippen LogP contribution in [0.1, 0.15) is 31.2 Å². The zero-order valence-electron chi connectivity index (χ0n) is 21.0. The fraction of sp³-hybridized carbons (Fsp3) is 0.333. The van der Waals surface area contributed by atoms with E-state index in [0.29, 0.717) is 17.6 Å². The topological polar surface area (TPSA) is 112 Å². The molecule has 37 heavy (non-hydrogen) atoms.